The Morgan fingerprint density at radius 3 is 2.56 bits per heavy atom. The third-order valence-corrected chi connectivity index (χ3v) is 6.85. The molecule has 2 aromatic carbocycles. The van der Waals surface area contributed by atoms with Gasteiger partial charge in [0.15, 0.2) is 0 Å². The van der Waals surface area contributed by atoms with E-state index in [1.54, 1.807) is 16.4 Å². The lowest BCUT2D eigenvalue weighted by Crippen LogP contribution is -2.32. The molecule has 0 aromatic heterocycles. The molecule has 0 atom stereocenters. The maximum absolute atomic E-state index is 6.65. The summed E-state index contributed by atoms with van der Waals surface area (Å²) in [6.45, 7) is 7.68. The number of hydrogen-bond donors (Lipinski definition) is 0. The van der Waals surface area contributed by atoms with Gasteiger partial charge < -0.3 is 9.64 Å². The van der Waals surface area contributed by atoms with Crippen LogP contribution in [0.15, 0.2) is 18.2 Å². The summed E-state index contributed by atoms with van der Waals surface area (Å²) in [4.78, 5) is 2.30. The monoisotopic (exact) mass is 359 g/mol. The Balaban J connectivity index is 1.80. The van der Waals surface area contributed by atoms with Crippen LogP contribution in [0, 0.1) is 6.92 Å². The topological polar surface area (TPSA) is 12.5 Å². The van der Waals surface area contributed by atoms with Crippen LogP contribution in [-0.2, 0) is 12.8 Å². The fraction of sp³-hybridized carbons (Fsp3) is 0.440. The summed E-state index contributed by atoms with van der Waals surface area (Å²) in [5, 5.41) is 2.90. The molecule has 140 valence electrons. The van der Waals surface area contributed by atoms with E-state index in [1.165, 1.54) is 65.3 Å². The van der Waals surface area contributed by atoms with Crippen molar-refractivity contribution in [2.24, 2.45) is 0 Å². The van der Waals surface area contributed by atoms with Crippen molar-refractivity contribution in [3.8, 4) is 11.5 Å². The molecule has 0 N–H and O–H groups in total. The minimum atomic E-state index is 0.996. The fourth-order valence-electron chi connectivity index (χ4n) is 5.29. The van der Waals surface area contributed by atoms with Gasteiger partial charge in [-0.2, -0.15) is 0 Å². The number of anilines is 1. The molecule has 0 amide bonds. The van der Waals surface area contributed by atoms with E-state index >= 15 is 0 Å². The second-order valence-corrected chi connectivity index (χ2v) is 8.45. The van der Waals surface area contributed by atoms with E-state index in [0.717, 1.165) is 24.5 Å². The van der Waals surface area contributed by atoms with Crippen LogP contribution in [0.4, 0.5) is 5.69 Å². The Kier molecular flexibility index (Phi) is 3.86. The van der Waals surface area contributed by atoms with Gasteiger partial charge in [-0.3, -0.25) is 0 Å². The van der Waals surface area contributed by atoms with Crippen LogP contribution in [-0.4, -0.2) is 13.6 Å². The maximum atomic E-state index is 6.65. The molecule has 27 heavy (non-hydrogen) atoms. The number of fused-ring (bicyclic) bond motifs is 3. The Bertz CT molecular complexity index is 1070. The zero-order valence-electron chi connectivity index (χ0n) is 17.0. The molecular formula is C25H29NO. The second kappa shape index (κ2) is 6.15. The summed E-state index contributed by atoms with van der Waals surface area (Å²) in [6.07, 6.45) is 7.52. The Morgan fingerprint density at radius 1 is 1.00 bits per heavy atom. The molecule has 3 aliphatic rings. The smallest absolute Gasteiger partial charge is 0.138 e. The molecule has 0 radical (unpaired) electrons. The highest BCUT2D eigenvalue weighted by molar-refractivity contribution is 5.78. The highest BCUT2D eigenvalue weighted by Gasteiger charge is 2.26. The summed E-state index contributed by atoms with van der Waals surface area (Å²) in [5.41, 5.74) is 9.95. The van der Waals surface area contributed by atoms with Crippen LogP contribution in [0.2, 0.25) is 0 Å². The van der Waals surface area contributed by atoms with Gasteiger partial charge in [-0.05, 0) is 93.3 Å². The van der Waals surface area contributed by atoms with E-state index < -0.39 is 0 Å². The first kappa shape index (κ1) is 16.9. The molecule has 0 fully saturated rings. The van der Waals surface area contributed by atoms with Crippen LogP contribution in [0.3, 0.4) is 0 Å². The van der Waals surface area contributed by atoms with E-state index in [4.69, 9.17) is 4.74 Å². The predicted molar refractivity (Wildman–Crippen MR) is 113 cm³/mol. The normalized spacial score (nSPS) is 17.0. The van der Waals surface area contributed by atoms with Gasteiger partial charge in [-0.15, -0.1) is 0 Å². The Morgan fingerprint density at radius 2 is 1.78 bits per heavy atom. The first-order valence-corrected chi connectivity index (χ1v) is 10.5. The molecule has 0 saturated carbocycles. The molecule has 5 rings (SSSR count). The maximum Gasteiger partial charge on any atom is 0.138 e. The summed E-state index contributed by atoms with van der Waals surface area (Å²) >= 11 is 0. The summed E-state index contributed by atoms with van der Waals surface area (Å²) in [6, 6.07) is 7.01. The largest absolute Gasteiger partial charge is 0.456 e. The van der Waals surface area contributed by atoms with Crippen LogP contribution in [0.5, 0.6) is 11.5 Å². The molecule has 2 heteroatoms. The summed E-state index contributed by atoms with van der Waals surface area (Å²) in [5.74, 6) is 2.17. The van der Waals surface area contributed by atoms with Crippen molar-refractivity contribution in [3.63, 3.8) is 0 Å². The molecule has 0 bridgehead atoms. The molecule has 2 nitrogen and oxygen atoms in total. The van der Waals surface area contributed by atoms with Crippen molar-refractivity contribution in [1.82, 2.24) is 0 Å². The number of nitrogens with zero attached hydrogens (tertiary/aromatic N) is 1. The number of benzene rings is 2. The van der Waals surface area contributed by atoms with Gasteiger partial charge >= 0.3 is 0 Å². The third kappa shape index (κ3) is 2.46. The minimum Gasteiger partial charge on any atom is -0.456 e. The van der Waals surface area contributed by atoms with Gasteiger partial charge in [0.2, 0.25) is 0 Å². The zero-order chi connectivity index (χ0) is 18.7. The van der Waals surface area contributed by atoms with Gasteiger partial charge in [-0.25, -0.2) is 0 Å². The van der Waals surface area contributed by atoms with Crippen molar-refractivity contribution in [1.29, 1.82) is 0 Å². The first-order valence-electron chi connectivity index (χ1n) is 10.5. The van der Waals surface area contributed by atoms with Crippen LogP contribution < -0.4 is 20.1 Å². The van der Waals surface area contributed by atoms with Crippen molar-refractivity contribution < 1.29 is 4.74 Å². The van der Waals surface area contributed by atoms with Crippen molar-refractivity contribution >= 4 is 16.8 Å². The third-order valence-electron chi connectivity index (χ3n) is 6.85. The highest BCUT2D eigenvalue weighted by atomic mass is 16.5. The molecule has 0 saturated heterocycles. The van der Waals surface area contributed by atoms with Crippen molar-refractivity contribution in [2.45, 2.75) is 59.3 Å². The summed E-state index contributed by atoms with van der Waals surface area (Å²) in [7, 11) is 2.16. The Hall–Kier alpha value is -2.22. The molecule has 0 unspecified atom stereocenters. The van der Waals surface area contributed by atoms with Crippen LogP contribution in [0.25, 0.3) is 11.1 Å². The SMILES string of the molecule is CCN(C)c1cc2c(cc1C)C(C)=c1cc3c4c(c1O2)CCCC=4CCC3. The number of rotatable bonds is 2. The van der Waals surface area contributed by atoms with E-state index in [-0.39, 0.29) is 0 Å². The second-order valence-electron chi connectivity index (χ2n) is 8.45. The first-order chi connectivity index (χ1) is 13.1. The predicted octanol–water partition coefficient (Wildman–Crippen LogP) is 4.60. The van der Waals surface area contributed by atoms with Gasteiger partial charge in [0.1, 0.15) is 11.5 Å². The van der Waals surface area contributed by atoms with E-state index in [9.17, 15) is 0 Å². The lowest BCUT2D eigenvalue weighted by Gasteiger charge is -2.29. The molecule has 1 heterocycles. The quantitative estimate of drug-likeness (QED) is 0.777. The van der Waals surface area contributed by atoms with Crippen molar-refractivity contribution in [3.05, 3.63) is 50.9 Å². The van der Waals surface area contributed by atoms with Crippen LogP contribution in [0.1, 0.15) is 61.8 Å². The number of ether oxygens (including phenoxy) is 1. The average Bonchev–Trinajstić information content (AvgIpc) is 2.69. The summed E-state index contributed by atoms with van der Waals surface area (Å²) < 4.78 is 6.65. The van der Waals surface area contributed by atoms with E-state index in [2.05, 4.69) is 50.9 Å². The fourth-order valence-corrected chi connectivity index (χ4v) is 5.29. The highest BCUT2D eigenvalue weighted by Crippen LogP contribution is 2.39. The van der Waals surface area contributed by atoms with Crippen LogP contribution >= 0.6 is 0 Å². The van der Waals surface area contributed by atoms with E-state index in [0.29, 0.717) is 0 Å². The molecule has 0 spiro atoms. The van der Waals surface area contributed by atoms with E-state index in [1.807, 2.05) is 0 Å². The number of aryl methyl sites for hydroxylation is 2. The zero-order valence-corrected chi connectivity index (χ0v) is 17.0. The van der Waals surface area contributed by atoms with Gasteiger partial charge in [0.05, 0.1) is 0 Å². The van der Waals surface area contributed by atoms with Gasteiger partial charge in [-0.1, -0.05) is 5.57 Å². The standard InChI is InChI=1S/C25H29NO/c1-5-26(4)22-14-23-20(12-15(22)2)16(3)21-13-18-10-6-8-17-9-7-11-19(24(17)18)25(21)27-23/h12-14H,5-11H2,1-4H3. The molecule has 2 aromatic rings. The molecular weight excluding hydrogens is 330 g/mol. The lowest BCUT2D eigenvalue weighted by molar-refractivity contribution is 0.461. The molecule has 2 aliphatic carbocycles. The minimum absolute atomic E-state index is 0.996. The number of hydrogen-bond acceptors (Lipinski definition) is 2. The Labute approximate surface area is 162 Å². The molecule has 1 aliphatic heterocycles. The van der Waals surface area contributed by atoms with Crippen molar-refractivity contribution in [2.75, 3.05) is 18.5 Å². The van der Waals surface area contributed by atoms with Gasteiger partial charge in [0.25, 0.3) is 0 Å². The lowest BCUT2D eigenvalue weighted by atomic mass is 9.81. The van der Waals surface area contributed by atoms with Gasteiger partial charge in [0, 0.05) is 41.7 Å². The average molecular weight is 360 g/mol.